The Morgan fingerprint density at radius 1 is 1.11 bits per heavy atom. The van der Waals surface area contributed by atoms with Crippen LogP contribution in [-0.4, -0.2) is 47.1 Å². The highest BCUT2D eigenvalue weighted by Crippen LogP contribution is 2.21. The van der Waals surface area contributed by atoms with Gasteiger partial charge in [-0.25, -0.2) is 0 Å². The summed E-state index contributed by atoms with van der Waals surface area (Å²) in [5.74, 6) is 0.843. The summed E-state index contributed by atoms with van der Waals surface area (Å²) in [6, 6.07) is 10.6. The van der Waals surface area contributed by atoms with Gasteiger partial charge < -0.3 is 10.2 Å². The van der Waals surface area contributed by atoms with Gasteiger partial charge in [0.2, 0.25) is 5.12 Å². The largest absolute Gasteiger partial charge is 0.357 e. The number of hydrogen-bond donors (Lipinski definition) is 2. The Labute approximate surface area is 171 Å². The molecular formula is C19H20ClN3O2S2. The van der Waals surface area contributed by atoms with E-state index in [2.05, 4.69) is 10.2 Å². The normalized spacial score (nSPS) is 13.6. The lowest BCUT2D eigenvalue weighted by Crippen LogP contribution is -2.27. The van der Waals surface area contributed by atoms with E-state index in [0.29, 0.717) is 32.9 Å². The maximum atomic E-state index is 12.3. The van der Waals surface area contributed by atoms with E-state index in [1.807, 2.05) is 12.1 Å². The van der Waals surface area contributed by atoms with Crippen molar-refractivity contribution in [2.45, 2.75) is 12.8 Å². The first kappa shape index (κ1) is 19.9. The van der Waals surface area contributed by atoms with Crippen molar-refractivity contribution in [3.8, 4) is 0 Å². The molecule has 0 unspecified atom stereocenters. The summed E-state index contributed by atoms with van der Waals surface area (Å²) in [6.45, 7) is 2.26. The molecule has 5 nitrogen and oxygen atoms in total. The summed E-state index contributed by atoms with van der Waals surface area (Å²) in [6.07, 6.45) is 2.26. The smallest absolute Gasteiger partial charge is 0.261 e. The van der Waals surface area contributed by atoms with E-state index in [4.69, 9.17) is 17.0 Å². The molecule has 0 atom stereocenters. The molecule has 0 radical (unpaired) electrons. The van der Waals surface area contributed by atoms with Gasteiger partial charge in [0.15, 0.2) is 0 Å². The first-order valence-electron chi connectivity index (χ1n) is 8.69. The van der Waals surface area contributed by atoms with Crippen molar-refractivity contribution in [2.24, 2.45) is 0 Å². The molecule has 2 aromatic rings. The highest BCUT2D eigenvalue weighted by Gasteiger charge is 2.16. The first-order chi connectivity index (χ1) is 13.0. The Balaban J connectivity index is 1.44. The second kappa shape index (κ2) is 9.39. The number of likely N-dealkylation sites (tertiary alicyclic amines) is 1. The molecule has 0 spiro atoms. The molecule has 2 N–H and O–H groups in total. The van der Waals surface area contributed by atoms with Crippen LogP contribution in [0.25, 0.3) is 0 Å². The lowest BCUT2D eigenvalue weighted by Gasteiger charge is -2.18. The van der Waals surface area contributed by atoms with Gasteiger partial charge in [-0.3, -0.25) is 15.0 Å². The second-order valence-electron chi connectivity index (χ2n) is 6.12. The summed E-state index contributed by atoms with van der Waals surface area (Å²) in [4.78, 5) is 26.8. The Hall–Kier alpha value is -1.83. The Bertz CT molecular complexity index is 830. The Morgan fingerprint density at radius 3 is 2.41 bits per heavy atom. The minimum atomic E-state index is -0.176. The van der Waals surface area contributed by atoms with E-state index in [1.54, 1.807) is 24.3 Å². The van der Waals surface area contributed by atoms with Crippen molar-refractivity contribution in [3.63, 3.8) is 0 Å². The molecule has 1 saturated heterocycles. The zero-order chi connectivity index (χ0) is 19.2. The molecule has 1 fully saturated rings. The standard InChI is InChI=1S/C19H20ClN3O2S2/c20-16-8-7-15(27-16)18(24)22-9-12-26-19(25)14-5-3-13(4-6-14)17(21)23-10-1-2-11-23/h3-8,21H,1-2,9-12H2,(H,22,24). The summed E-state index contributed by atoms with van der Waals surface area (Å²) < 4.78 is 0.575. The number of benzene rings is 1. The van der Waals surface area contributed by atoms with Crippen molar-refractivity contribution in [1.29, 1.82) is 5.41 Å². The number of nitrogens with one attached hydrogen (secondary N) is 2. The van der Waals surface area contributed by atoms with E-state index in [9.17, 15) is 9.59 Å². The number of hydrogen-bond acceptors (Lipinski definition) is 5. The number of thioether (sulfide) groups is 1. The zero-order valence-corrected chi connectivity index (χ0v) is 17.1. The Morgan fingerprint density at radius 2 is 1.78 bits per heavy atom. The number of nitrogens with zero attached hydrogens (tertiary/aromatic N) is 1. The van der Waals surface area contributed by atoms with Crippen molar-refractivity contribution in [2.75, 3.05) is 25.4 Å². The van der Waals surface area contributed by atoms with Crippen LogP contribution in [0.2, 0.25) is 4.34 Å². The highest BCUT2D eigenvalue weighted by molar-refractivity contribution is 8.14. The van der Waals surface area contributed by atoms with Crippen molar-refractivity contribution in [1.82, 2.24) is 10.2 Å². The van der Waals surface area contributed by atoms with E-state index < -0.39 is 0 Å². The Kier molecular flexibility index (Phi) is 6.93. The van der Waals surface area contributed by atoms with E-state index >= 15 is 0 Å². The van der Waals surface area contributed by atoms with Crippen LogP contribution >= 0.6 is 34.7 Å². The SMILES string of the molecule is N=C(c1ccc(C(=O)SCCNC(=O)c2ccc(Cl)s2)cc1)N1CCCC1. The monoisotopic (exact) mass is 421 g/mol. The number of rotatable bonds is 6. The summed E-state index contributed by atoms with van der Waals surface area (Å²) >= 11 is 8.22. The van der Waals surface area contributed by atoms with Crippen molar-refractivity contribution in [3.05, 3.63) is 56.7 Å². The highest BCUT2D eigenvalue weighted by atomic mass is 35.5. The predicted molar refractivity (Wildman–Crippen MR) is 113 cm³/mol. The number of amidine groups is 1. The number of halogens is 1. The molecule has 3 rings (SSSR count). The van der Waals surface area contributed by atoms with Gasteiger partial charge in [0.25, 0.3) is 5.91 Å². The minimum absolute atomic E-state index is 0.0392. The molecule has 0 aliphatic carbocycles. The number of amides is 1. The van der Waals surface area contributed by atoms with Crippen LogP contribution in [-0.2, 0) is 0 Å². The third kappa shape index (κ3) is 5.34. The predicted octanol–water partition coefficient (Wildman–Crippen LogP) is 4.13. The molecule has 1 aliphatic rings. The van der Waals surface area contributed by atoms with Gasteiger partial charge in [-0.15, -0.1) is 11.3 Å². The van der Waals surface area contributed by atoms with E-state index in [0.717, 1.165) is 31.5 Å². The molecule has 142 valence electrons. The fourth-order valence-electron chi connectivity index (χ4n) is 2.80. The fraction of sp³-hybridized carbons (Fsp3) is 0.316. The summed E-state index contributed by atoms with van der Waals surface area (Å²) in [7, 11) is 0. The molecular weight excluding hydrogens is 402 g/mol. The third-order valence-electron chi connectivity index (χ3n) is 4.23. The third-order valence-corrected chi connectivity index (χ3v) is 6.37. The number of carbonyl (C=O) groups is 2. The van der Waals surface area contributed by atoms with Gasteiger partial charge in [0.1, 0.15) is 5.84 Å². The molecule has 0 bridgehead atoms. The van der Waals surface area contributed by atoms with Crippen LogP contribution in [0.1, 0.15) is 38.4 Å². The van der Waals surface area contributed by atoms with Gasteiger partial charge in [-0.1, -0.05) is 35.5 Å². The maximum absolute atomic E-state index is 12.3. The summed E-state index contributed by atoms with van der Waals surface area (Å²) in [5.41, 5.74) is 1.44. The number of carbonyl (C=O) groups excluding carboxylic acids is 2. The lowest BCUT2D eigenvalue weighted by atomic mass is 10.1. The van der Waals surface area contributed by atoms with Gasteiger partial charge in [-0.05, 0) is 37.1 Å². The van der Waals surface area contributed by atoms with Crippen LogP contribution in [0.4, 0.5) is 0 Å². The molecule has 1 aliphatic heterocycles. The first-order valence-corrected chi connectivity index (χ1v) is 10.9. The van der Waals surface area contributed by atoms with Gasteiger partial charge >= 0.3 is 0 Å². The lowest BCUT2D eigenvalue weighted by molar-refractivity contribution is 0.0959. The van der Waals surface area contributed by atoms with Crippen LogP contribution in [0.5, 0.6) is 0 Å². The minimum Gasteiger partial charge on any atom is -0.357 e. The molecule has 1 aromatic heterocycles. The van der Waals surface area contributed by atoms with Crippen LogP contribution in [0.15, 0.2) is 36.4 Å². The summed E-state index contributed by atoms with van der Waals surface area (Å²) in [5, 5.41) is 11.0. The second-order valence-corrected chi connectivity index (χ2v) is 8.90. The molecule has 1 amide bonds. The molecule has 1 aromatic carbocycles. The van der Waals surface area contributed by atoms with Gasteiger partial charge in [-0.2, -0.15) is 0 Å². The van der Waals surface area contributed by atoms with Crippen LogP contribution in [0, 0.1) is 5.41 Å². The maximum Gasteiger partial charge on any atom is 0.261 e. The number of thiophene rings is 1. The average molecular weight is 422 g/mol. The van der Waals surface area contributed by atoms with Crippen LogP contribution < -0.4 is 5.32 Å². The molecule has 2 heterocycles. The molecule has 27 heavy (non-hydrogen) atoms. The van der Waals surface area contributed by atoms with Crippen LogP contribution in [0.3, 0.4) is 0 Å². The van der Waals surface area contributed by atoms with Gasteiger partial charge in [0, 0.05) is 36.5 Å². The topological polar surface area (TPSA) is 73.3 Å². The van der Waals surface area contributed by atoms with E-state index in [1.165, 1.54) is 23.1 Å². The van der Waals surface area contributed by atoms with Gasteiger partial charge in [0.05, 0.1) is 9.21 Å². The fourth-order valence-corrected chi connectivity index (χ4v) is 4.45. The van der Waals surface area contributed by atoms with Crippen molar-refractivity contribution >= 4 is 51.6 Å². The molecule has 0 saturated carbocycles. The van der Waals surface area contributed by atoms with Crippen molar-refractivity contribution < 1.29 is 9.59 Å². The van der Waals surface area contributed by atoms with E-state index in [-0.39, 0.29) is 11.0 Å². The molecule has 8 heteroatoms. The quantitative estimate of drug-likeness (QED) is 0.418. The average Bonchev–Trinajstić information content (AvgIpc) is 3.36. The zero-order valence-electron chi connectivity index (χ0n) is 14.7.